The van der Waals surface area contributed by atoms with E-state index in [1.54, 1.807) is 72.8 Å². The third kappa shape index (κ3) is 55.5. The number of hydrogen-bond acceptors (Lipinski definition) is 10. The first-order valence-corrected chi connectivity index (χ1v) is 48.0. The van der Waals surface area contributed by atoms with E-state index in [4.69, 9.17) is 155 Å². The van der Waals surface area contributed by atoms with Crippen LogP contribution in [0.5, 0.6) is 0 Å². The number of carbonyl (C=O) groups is 1. The van der Waals surface area contributed by atoms with Crippen LogP contribution in [0.15, 0.2) is 111 Å². The van der Waals surface area contributed by atoms with Crippen LogP contribution in [0.25, 0.3) is 10.1 Å². The summed E-state index contributed by atoms with van der Waals surface area (Å²) >= 11 is 42.2. The molecule has 81 heavy (non-hydrogen) atoms. The van der Waals surface area contributed by atoms with E-state index in [0.717, 1.165) is 10.6 Å². The van der Waals surface area contributed by atoms with Crippen molar-refractivity contribution >= 4 is 207 Å². The van der Waals surface area contributed by atoms with E-state index < -0.39 is 66.6 Å². The van der Waals surface area contributed by atoms with Crippen molar-refractivity contribution in [3.05, 3.63) is 148 Å². The van der Waals surface area contributed by atoms with E-state index in [0.29, 0.717) is 31.8 Å². The smallest absolute Gasteiger partial charge is 1.00 e. The molecule has 0 heterocycles. The van der Waals surface area contributed by atoms with Crippen LogP contribution in [0.1, 0.15) is 29.7 Å². The summed E-state index contributed by atoms with van der Waals surface area (Å²) in [6, 6.07) is 27.9. The van der Waals surface area contributed by atoms with Gasteiger partial charge < -0.3 is 15.5 Å². The number of benzene rings is 4. The minimum absolute atomic E-state index is 0. The number of sulfonamides is 3. The molecule has 0 unspecified atom stereocenters. The van der Waals surface area contributed by atoms with Crippen molar-refractivity contribution in [2.24, 2.45) is 26.1 Å². The van der Waals surface area contributed by atoms with Crippen LogP contribution in [0, 0.1) is 22.6 Å². The zero-order valence-electron chi connectivity index (χ0n) is 44.3. The molecule has 0 saturated heterocycles. The minimum Gasteiger partial charge on any atom is -1.00 e. The van der Waals surface area contributed by atoms with Gasteiger partial charge >= 0.3 is 101 Å². The third-order valence-corrected chi connectivity index (χ3v) is 21.0. The topological polar surface area (TPSA) is 273 Å². The second-order valence-corrected chi connectivity index (χ2v) is 55.5. The molecule has 4 rings (SSSR count). The van der Waals surface area contributed by atoms with Crippen LogP contribution in [-0.2, 0) is 52.0 Å². The summed E-state index contributed by atoms with van der Waals surface area (Å²) in [6.07, 6.45) is 1.26. The number of alkyl halides is 2. The van der Waals surface area contributed by atoms with Gasteiger partial charge in [-0.2, -0.15) is 13.4 Å². The summed E-state index contributed by atoms with van der Waals surface area (Å²) in [5, 5.41) is 26.6. The molecule has 0 aliphatic carbocycles. The number of rotatable bonds is 7. The standard InChI is InChI=1S/2C11H15Cl2NO2SSi.C11H13ClSi.C8H6ClNO2S.C2H2ClNO.CH4ClN.CH2O2.CH4.4ClH.FH.K.Ti/c2*1-18(2,3)11(17(14,15)16)10(13)8-5-4-6-9(12)7-8;1-13(2,3)8-7-10-5-4-6-11(12)9-10;9-8-3-1-2-7(6-8)4-5-13(10,11)12;3-1-4-2-5;2*2-1-3;;;;;;;;/h2*4-7H,1-3H3,(H2,14,15,16);4-6,9H,1-3H3;1-3,6H,(H2,10,11,12);1H2;1,3H2;1H,(H,2,3);1H4;5*1H;;/q;;;;;;;;;;;;;+1;+4/p-5/b2*11-10+;;;;;;;;;;;;;. The Kier molecular flexibility index (Phi) is 55.7. The summed E-state index contributed by atoms with van der Waals surface area (Å²) in [5.74, 6) is 5.53. The molecule has 0 saturated carbocycles. The first kappa shape index (κ1) is 95.1. The molecule has 0 amide bonds. The van der Waals surface area contributed by atoms with Crippen LogP contribution in [-0.4, -0.2) is 79.1 Å². The van der Waals surface area contributed by atoms with Crippen molar-refractivity contribution in [3.8, 4) is 22.6 Å². The average Bonchev–Trinajstić information content (AvgIpc) is 3.24. The summed E-state index contributed by atoms with van der Waals surface area (Å²) in [5.41, 5.74) is 10.6. The zero-order valence-corrected chi connectivity index (χ0v) is 63.5. The second-order valence-electron chi connectivity index (χ2n) is 17.2. The molecule has 0 atom stereocenters. The molecule has 0 aliphatic rings. The normalized spacial score (nSPS) is 11.2. The predicted molar refractivity (Wildman–Crippen MR) is 347 cm³/mol. The Morgan fingerprint density at radius 3 is 1.09 bits per heavy atom. The van der Waals surface area contributed by atoms with Gasteiger partial charge in [-0.05, 0) is 77.7 Å². The van der Waals surface area contributed by atoms with Crippen molar-refractivity contribution in [1.29, 1.82) is 0 Å². The van der Waals surface area contributed by atoms with Crippen molar-refractivity contribution in [2.45, 2.75) is 66.3 Å². The average molecular weight is 1540 g/mol. The number of primary sulfonamides is 3. The summed E-state index contributed by atoms with van der Waals surface area (Å²) in [4.78, 5) is 20.3. The monoisotopic (exact) mass is 1530 g/mol. The first-order valence-electron chi connectivity index (χ1n) is 20.9. The fraction of sp³-hybridized carbons (Fsp3) is 0.261. The number of carboxylic acid groups (broad SMARTS) is 1. The predicted octanol–water partition coefficient (Wildman–Crippen LogP) is 9.09. The molecule has 35 heteroatoms. The van der Waals surface area contributed by atoms with Gasteiger partial charge in [-0.25, -0.2) is 37.0 Å². The maximum absolute atomic E-state index is 11.7. The largest absolute Gasteiger partial charge is 1.00 e. The van der Waals surface area contributed by atoms with E-state index in [9.17, 15) is 25.3 Å². The summed E-state index contributed by atoms with van der Waals surface area (Å²) in [7, 11) is 3.03. The van der Waals surface area contributed by atoms with Crippen LogP contribution in [0.2, 0.25) is 79.0 Å². The molecular formula is C46H61Cl12FKN5O9S3Si3Ti. The molecule has 4 aromatic carbocycles. The molecule has 4 aromatic rings. The Morgan fingerprint density at radius 1 is 0.617 bits per heavy atom. The Hall–Kier alpha value is 0.431. The van der Waals surface area contributed by atoms with Gasteiger partial charge in [0.2, 0.25) is 26.1 Å². The van der Waals surface area contributed by atoms with Gasteiger partial charge in [-0.15, -0.1) is 17.1 Å². The van der Waals surface area contributed by atoms with E-state index >= 15 is 0 Å². The Labute approximate surface area is 582 Å². The number of carbonyl (C=O) groups excluding carboxylic acids is 1. The van der Waals surface area contributed by atoms with Gasteiger partial charge in [0.25, 0.3) is 16.5 Å². The van der Waals surface area contributed by atoms with E-state index in [1.165, 1.54) is 6.08 Å². The maximum Gasteiger partial charge on any atom is 1.00 e. The Morgan fingerprint density at radius 2 is 0.889 bits per heavy atom. The molecule has 0 spiro atoms. The molecule has 0 bridgehead atoms. The zero-order chi connectivity index (χ0) is 62.1. The molecule has 0 radical (unpaired) electrons. The SMILES string of the molecule is C.C[Si](C)(C)/C(=C(/Cl)c1cccc(Cl)c1)S(N)(=O)=O.C[Si](C)(C)/C(=C(/Cl)c1cccc(Cl)c1)S(N)(=O)=O.C[Si](C)(C)C#Cc1cccc(Cl)c1.NCCl.NS(=O)(=O)C#Cc1cccc(Cl)c1.O=C=NCCl.O=CO.[Cl][Ti]([Cl])([Cl])[Cl].[F-].[K+]. The Bertz CT molecular complexity index is 3040. The first-order chi connectivity index (χ1) is 35.3. The van der Waals surface area contributed by atoms with Crippen molar-refractivity contribution in [1.82, 2.24) is 0 Å². The Balaban J connectivity index is -0.000000164. The minimum atomic E-state index is -3.82. The molecule has 0 aliphatic heterocycles. The number of aliphatic imine (C=N–C) groups is 1. The maximum atomic E-state index is 11.7. The third-order valence-electron chi connectivity index (χ3n) is 7.18. The van der Waals surface area contributed by atoms with Crippen LogP contribution < -0.4 is 77.2 Å². The number of nitrogens with two attached hydrogens (primary N) is 4. The van der Waals surface area contributed by atoms with E-state index in [-0.39, 0.29) is 101 Å². The van der Waals surface area contributed by atoms with Gasteiger partial charge in [0.05, 0.1) is 41.3 Å². The number of halogens is 13. The number of hydrogen-bond donors (Lipinski definition) is 5. The van der Waals surface area contributed by atoms with Crippen molar-refractivity contribution in [3.63, 3.8) is 0 Å². The van der Waals surface area contributed by atoms with Crippen LogP contribution >= 0.6 is 130 Å². The van der Waals surface area contributed by atoms with Crippen molar-refractivity contribution < 1.29 is 108 Å². The van der Waals surface area contributed by atoms with Gasteiger partial charge in [-0.1, -0.05) is 190 Å². The van der Waals surface area contributed by atoms with E-state index in [2.05, 4.69) is 52.9 Å². The van der Waals surface area contributed by atoms with Gasteiger partial charge in [0.1, 0.15) is 14.1 Å². The van der Waals surface area contributed by atoms with Gasteiger partial charge in [0, 0.05) is 36.5 Å². The summed E-state index contributed by atoms with van der Waals surface area (Å²) in [6.45, 7) is 17.7. The molecule has 14 nitrogen and oxygen atoms in total. The molecule has 0 aromatic heterocycles. The fourth-order valence-corrected chi connectivity index (χ4v) is 18.2. The van der Waals surface area contributed by atoms with Crippen molar-refractivity contribution in [2.75, 3.05) is 12.0 Å². The van der Waals surface area contributed by atoms with E-state index in [1.807, 2.05) is 68.8 Å². The molecular weight excluding hydrogens is 1480 g/mol. The number of nitrogens with zero attached hydrogens (tertiary/aromatic N) is 1. The van der Waals surface area contributed by atoms with Gasteiger partial charge in [0.15, 0.2) is 0 Å². The van der Waals surface area contributed by atoms with Crippen LogP contribution in [0.3, 0.4) is 0 Å². The number of isocyanates is 1. The van der Waals surface area contributed by atoms with Gasteiger partial charge in [-0.3, -0.25) is 4.79 Å². The molecule has 9 N–H and O–H groups in total. The van der Waals surface area contributed by atoms with Crippen LogP contribution in [0.4, 0.5) is 0 Å². The quantitative estimate of drug-likeness (QED) is 0.0223. The molecule has 450 valence electrons. The molecule has 0 fully saturated rings. The summed E-state index contributed by atoms with van der Waals surface area (Å²) < 4.78 is 68.1. The fourth-order valence-electron chi connectivity index (χ4n) is 4.82. The second kappa shape index (κ2) is 47.4.